The van der Waals surface area contributed by atoms with Crippen LogP contribution in [-0.4, -0.2) is 23.5 Å². The molecule has 1 heterocycles. The fourth-order valence-corrected chi connectivity index (χ4v) is 2.35. The minimum atomic E-state index is 0.446. The van der Waals surface area contributed by atoms with Crippen LogP contribution in [0, 0.1) is 6.92 Å². The van der Waals surface area contributed by atoms with Crippen LogP contribution in [0.1, 0.15) is 17.1 Å². The number of aromatic nitrogens is 1. The van der Waals surface area contributed by atoms with E-state index in [2.05, 4.69) is 26.3 Å². The van der Waals surface area contributed by atoms with Crippen molar-refractivity contribution >= 4 is 27.3 Å². The first-order chi connectivity index (χ1) is 6.22. The Hall–Kier alpha value is 0.0700. The van der Waals surface area contributed by atoms with Crippen molar-refractivity contribution in [2.24, 2.45) is 0 Å². The third kappa shape index (κ3) is 4.20. The van der Waals surface area contributed by atoms with Gasteiger partial charge in [-0.25, -0.2) is 4.98 Å². The van der Waals surface area contributed by atoms with Crippen LogP contribution in [0.4, 0.5) is 0 Å². The van der Waals surface area contributed by atoms with Crippen LogP contribution in [0.15, 0.2) is 5.38 Å². The first kappa shape index (κ1) is 11.1. The molecule has 4 heteroatoms. The zero-order valence-corrected chi connectivity index (χ0v) is 10.3. The van der Waals surface area contributed by atoms with E-state index in [1.54, 1.807) is 18.4 Å². The van der Waals surface area contributed by atoms with Crippen LogP contribution in [0.25, 0.3) is 0 Å². The van der Waals surface area contributed by atoms with E-state index in [4.69, 9.17) is 4.74 Å². The quantitative estimate of drug-likeness (QED) is 0.763. The molecule has 0 saturated carbocycles. The number of halogens is 1. The van der Waals surface area contributed by atoms with Crippen molar-refractivity contribution in [2.45, 2.75) is 24.6 Å². The summed E-state index contributed by atoms with van der Waals surface area (Å²) in [5.74, 6) is 0. The molecule has 1 aromatic rings. The summed E-state index contributed by atoms with van der Waals surface area (Å²) in [7, 11) is 1.72. The van der Waals surface area contributed by atoms with Crippen LogP contribution >= 0.6 is 27.3 Å². The summed E-state index contributed by atoms with van der Waals surface area (Å²) in [6, 6.07) is 0. The molecule has 1 rings (SSSR count). The maximum absolute atomic E-state index is 5.03. The topological polar surface area (TPSA) is 22.1 Å². The van der Waals surface area contributed by atoms with E-state index in [-0.39, 0.29) is 0 Å². The Labute approximate surface area is 91.5 Å². The summed E-state index contributed by atoms with van der Waals surface area (Å²) in [5.41, 5.74) is 1.12. The zero-order chi connectivity index (χ0) is 9.68. The van der Waals surface area contributed by atoms with Gasteiger partial charge in [0.2, 0.25) is 0 Å². The lowest BCUT2D eigenvalue weighted by atomic mass is 10.2. The molecule has 1 aromatic heterocycles. The second-order valence-corrected chi connectivity index (χ2v) is 5.21. The molecule has 0 aromatic carbocycles. The summed E-state index contributed by atoms with van der Waals surface area (Å²) in [5, 5.41) is 3.31. The van der Waals surface area contributed by atoms with Gasteiger partial charge in [-0.1, -0.05) is 15.9 Å². The van der Waals surface area contributed by atoms with Gasteiger partial charge in [0, 0.05) is 29.4 Å². The van der Waals surface area contributed by atoms with Crippen molar-refractivity contribution in [3.05, 3.63) is 16.1 Å². The highest BCUT2D eigenvalue weighted by Gasteiger charge is 2.05. The minimum Gasteiger partial charge on any atom is -0.384 e. The lowest BCUT2D eigenvalue weighted by Crippen LogP contribution is -2.07. The molecular formula is C9H14BrNOS. The van der Waals surface area contributed by atoms with Crippen LogP contribution in [0.2, 0.25) is 0 Å². The van der Waals surface area contributed by atoms with Gasteiger partial charge in [0.05, 0.1) is 11.6 Å². The Kier molecular flexibility index (Phi) is 4.91. The molecule has 0 bridgehead atoms. The Balaban J connectivity index is 2.26. The van der Waals surface area contributed by atoms with Gasteiger partial charge >= 0.3 is 0 Å². The second kappa shape index (κ2) is 5.73. The maximum atomic E-state index is 5.03. The molecule has 0 fully saturated rings. The number of rotatable bonds is 5. The van der Waals surface area contributed by atoms with Crippen molar-refractivity contribution in [2.75, 3.05) is 13.7 Å². The molecule has 0 aliphatic rings. The van der Waals surface area contributed by atoms with Crippen LogP contribution in [0.3, 0.4) is 0 Å². The van der Waals surface area contributed by atoms with Gasteiger partial charge in [0.25, 0.3) is 0 Å². The van der Waals surface area contributed by atoms with Crippen molar-refractivity contribution in [1.29, 1.82) is 0 Å². The van der Waals surface area contributed by atoms with E-state index in [0.717, 1.165) is 25.1 Å². The van der Waals surface area contributed by atoms with Gasteiger partial charge in [-0.2, -0.15) is 0 Å². The standard InChI is InChI=1S/C9H14BrNOS/c1-7-6-13-9(11-7)4-3-8(10)5-12-2/h6,8H,3-5H2,1-2H3. The molecule has 0 aliphatic heterocycles. The molecule has 0 spiro atoms. The molecule has 74 valence electrons. The molecule has 0 amide bonds. The average molecular weight is 264 g/mol. The van der Waals surface area contributed by atoms with Gasteiger partial charge in [-0.3, -0.25) is 0 Å². The van der Waals surface area contributed by atoms with Crippen molar-refractivity contribution in [3.63, 3.8) is 0 Å². The number of ether oxygens (including phenoxy) is 1. The van der Waals surface area contributed by atoms with Gasteiger partial charge in [-0.15, -0.1) is 11.3 Å². The van der Waals surface area contributed by atoms with E-state index >= 15 is 0 Å². The lowest BCUT2D eigenvalue weighted by Gasteiger charge is -2.05. The maximum Gasteiger partial charge on any atom is 0.0928 e. The fourth-order valence-electron chi connectivity index (χ4n) is 1.06. The zero-order valence-electron chi connectivity index (χ0n) is 7.92. The third-order valence-electron chi connectivity index (χ3n) is 1.69. The van der Waals surface area contributed by atoms with Crippen molar-refractivity contribution in [1.82, 2.24) is 4.98 Å². The van der Waals surface area contributed by atoms with Crippen molar-refractivity contribution < 1.29 is 4.74 Å². The Morgan fingerprint density at radius 2 is 2.46 bits per heavy atom. The predicted octanol–water partition coefficient (Wildman–Crippen LogP) is 2.79. The van der Waals surface area contributed by atoms with Gasteiger partial charge in [-0.05, 0) is 13.3 Å². The number of thiazole rings is 1. The number of nitrogens with zero attached hydrogens (tertiary/aromatic N) is 1. The highest BCUT2D eigenvalue weighted by atomic mass is 79.9. The Bertz CT molecular complexity index is 252. The van der Waals surface area contributed by atoms with Gasteiger partial charge in [0.1, 0.15) is 0 Å². The van der Waals surface area contributed by atoms with E-state index in [1.807, 2.05) is 6.92 Å². The van der Waals surface area contributed by atoms with Crippen LogP contribution in [0.5, 0.6) is 0 Å². The molecule has 2 nitrogen and oxygen atoms in total. The molecule has 0 radical (unpaired) electrons. The summed E-state index contributed by atoms with van der Waals surface area (Å²) in [4.78, 5) is 4.85. The first-order valence-electron chi connectivity index (χ1n) is 4.26. The number of aryl methyl sites for hydroxylation is 2. The minimum absolute atomic E-state index is 0.446. The monoisotopic (exact) mass is 263 g/mol. The summed E-state index contributed by atoms with van der Waals surface area (Å²) < 4.78 is 5.03. The largest absolute Gasteiger partial charge is 0.384 e. The second-order valence-electron chi connectivity index (χ2n) is 2.97. The van der Waals surface area contributed by atoms with E-state index in [9.17, 15) is 0 Å². The Morgan fingerprint density at radius 1 is 1.69 bits per heavy atom. The molecule has 0 saturated heterocycles. The Morgan fingerprint density at radius 3 is 3.00 bits per heavy atom. The number of methoxy groups -OCH3 is 1. The summed E-state index contributed by atoms with van der Waals surface area (Å²) in [6.45, 7) is 2.80. The fraction of sp³-hybridized carbons (Fsp3) is 0.667. The molecule has 1 atom stereocenters. The number of hydrogen-bond donors (Lipinski definition) is 0. The molecule has 0 N–H and O–H groups in total. The SMILES string of the molecule is COCC(Br)CCc1nc(C)cs1. The predicted molar refractivity (Wildman–Crippen MR) is 59.8 cm³/mol. The highest BCUT2D eigenvalue weighted by Crippen LogP contribution is 2.14. The first-order valence-corrected chi connectivity index (χ1v) is 6.06. The molecule has 13 heavy (non-hydrogen) atoms. The highest BCUT2D eigenvalue weighted by molar-refractivity contribution is 9.09. The van der Waals surface area contributed by atoms with E-state index in [1.165, 1.54) is 5.01 Å². The van der Waals surface area contributed by atoms with Gasteiger partial charge in [0.15, 0.2) is 0 Å². The number of alkyl halides is 1. The number of hydrogen-bond acceptors (Lipinski definition) is 3. The molecule has 0 aliphatic carbocycles. The van der Waals surface area contributed by atoms with Gasteiger partial charge < -0.3 is 4.74 Å². The normalized spacial score (nSPS) is 13.2. The third-order valence-corrected chi connectivity index (χ3v) is 3.43. The lowest BCUT2D eigenvalue weighted by molar-refractivity contribution is 0.198. The average Bonchev–Trinajstić information content (AvgIpc) is 2.49. The van der Waals surface area contributed by atoms with Crippen LogP contribution in [-0.2, 0) is 11.2 Å². The molecular weight excluding hydrogens is 250 g/mol. The van der Waals surface area contributed by atoms with Crippen LogP contribution < -0.4 is 0 Å². The van der Waals surface area contributed by atoms with E-state index in [0.29, 0.717) is 4.83 Å². The van der Waals surface area contributed by atoms with Crippen molar-refractivity contribution in [3.8, 4) is 0 Å². The van der Waals surface area contributed by atoms with E-state index < -0.39 is 0 Å². The summed E-state index contributed by atoms with van der Waals surface area (Å²) in [6.07, 6.45) is 2.12. The summed E-state index contributed by atoms with van der Waals surface area (Å²) >= 11 is 5.29. The molecule has 1 unspecified atom stereocenters. The smallest absolute Gasteiger partial charge is 0.0928 e.